The fourth-order valence-corrected chi connectivity index (χ4v) is 5.03. The van der Waals surface area contributed by atoms with Gasteiger partial charge in [-0.1, -0.05) is 36.4 Å². The Morgan fingerprint density at radius 1 is 0.838 bits per heavy atom. The number of aryl methyl sites for hydroxylation is 1. The minimum atomic E-state index is -2.74. The second kappa shape index (κ2) is 12.2. The first-order chi connectivity index (χ1) is 17.5. The third-order valence-electron chi connectivity index (χ3n) is 6.45. The summed E-state index contributed by atoms with van der Waals surface area (Å²) in [5.74, 6) is -5.02. The molecule has 2 heterocycles. The summed E-state index contributed by atoms with van der Waals surface area (Å²) in [6.45, 7) is 9.16. The highest BCUT2D eigenvalue weighted by Crippen LogP contribution is 2.28. The van der Waals surface area contributed by atoms with Crippen molar-refractivity contribution in [2.75, 3.05) is 19.6 Å². The molecule has 0 saturated carbocycles. The molecule has 4 rings (SSSR count). The number of hydrogen-bond acceptors (Lipinski definition) is 6. The van der Waals surface area contributed by atoms with E-state index >= 15 is 0 Å². The van der Waals surface area contributed by atoms with Gasteiger partial charge in [0, 0.05) is 53.5 Å². The zero-order valence-electron chi connectivity index (χ0n) is 21.1. The smallest absolute Gasteiger partial charge is 0.336 e. The van der Waals surface area contributed by atoms with Crippen LogP contribution in [-0.2, 0) is 20.9 Å². The van der Waals surface area contributed by atoms with Gasteiger partial charge < -0.3 is 35.2 Å². The second-order valence-electron chi connectivity index (χ2n) is 9.75. The van der Waals surface area contributed by atoms with Crippen molar-refractivity contribution in [2.24, 2.45) is 0 Å². The normalized spacial score (nSPS) is 18.4. The summed E-state index contributed by atoms with van der Waals surface area (Å²) in [5, 5.41) is 40.2. The number of carboxylic acid groups (broad SMARTS) is 3. The maximum absolute atomic E-state index is 10.3. The Kier molecular flexibility index (Phi) is 9.25. The summed E-state index contributed by atoms with van der Waals surface area (Å²) in [6.07, 6.45) is -1.09. The zero-order chi connectivity index (χ0) is 27.2. The maximum atomic E-state index is 10.3. The third kappa shape index (κ3) is 7.28. The van der Waals surface area contributed by atoms with Crippen molar-refractivity contribution in [3.05, 3.63) is 48.5 Å². The lowest BCUT2D eigenvalue weighted by atomic mass is 9.96. The Hall–Kier alpha value is -3.47. The van der Waals surface area contributed by atoms with Crippen LogP contribution >= 0.6 is 0 Å². The van der Waals surface area contributed by atoms with Crippen LogP contribution in [0.2, 0.25) is 0 Å². The lowest BCUT2D eigenvalue weighted by Crippen LogP contribution is -2.54. The standard InChI is InChI=1S/C21H27N3.C6H8O7/c1-16-14-23(15-17(2)22-16)12-7-13-24-20-10-5-3-8-18(20)19-9-4-6-11-21(19)24;7-3(8)1-6(13,5(11)12)2-4(9)10/h3-6,8-11,16-17,22H,7,12-15H2,1-2H3;13H,1-2H2,(H,7,8)(H,9,10)(H,11,12)/t16-,17+;. The van der Waals surface area contributed by atoms with E-state index in [2.05, 4.69) is 77.2 Å². The minimum Gasteiger partial charge on any atom is -0.481 e. The lowest BCUT2D eigenvalue weighted by Gasteiger charge is -2.36. The quantitative estimate of drug-likeness (QED) is 0.291. The Morgan fingerprint density at radius 3 is 1.73 bits per heavy atom. The first-order valence-electron chi connectivity index (χ1n) is 12.3. The number of hydrogen-bond donors (Lipinski definition) is 5. The molecule has 2 aromatic carbocycles. The number of aliphatic carboxylic acids is 3. The second-order valence-corrected chi connectivity index (χ2v) is 9.75. The molecule has 0 aliphatic carbocycles. The first-order valence-corrected chi connectivity index (χ1v) is 12.3. The average Bonchev–Trinajstić information content (AvgIpc) is 3.12. The molecule has 0 spiro atoms. The number of nitrogens with zero attached hydrogens (tertiary/aromatic N) is 2. The molecule has 200 valence electrons. The number of para-hydroxylation sites is 2. The monoisotopic (exact) mass is 513 g/mol. The van der Waals surface area contributed by atoms with E-state index in [0.717, 1.165) is 19.6 Å². The maximum Gasteiger partial charge on any atom is 0.336 e. The number of aliphatic hydroxyl groups is 1. The number of nitrogens with one attached hydrogen (secondary N) is 1. The van der Waals surface area contributed by atoms with E-state index < -0.39 is 36.4 Å². The molecule has 1 aliphatic heterocycles. The van der Waals surface area contributed by atoms with Crippen LogP contribution in [0.4, 0.5) is 0 Å². The molecule has 1 aliphatic rings. The molecule has 0 unspecified atom stereocenters. The van der Waals surface area contributed by atoms with Crippen molar-refractivity contribution in [1.82, 2.24) is 14.8 Å². The Bertz CT molecular complexity index is 1180. The van der Waals surface area contributed by atoms with Gasteiger partial charge in [-0.25, -0.2) is 4.79 Å². The fourth-order valence-electron chi connectivity index (χ4n) is 5.03. The van der Waals surface area contributed by atoms with Crippen LogP contribution in [0.5, 0.6) is 0 Å². The van der Waals surface area contributed by atoms with Gasteiger partial charge in [-0.3, -0.25) is 9.59 Å². The molecular weight excluding hydrogens is 478 g/mol. The van der Waals surface area contributed by atoms with Gasteiger partial charge in [0.15, 0.2) is 5.60 Å². The molecule has 3 aromatic rings. The van der Waals surface area contributed by atoms with Crippen LogP contribution in [0, 0.1) is 0 Å². The highest BCUT2D eigenvalue weighted by molar-refractivity contribution is 6.07. The Morgan fingerprint density at radius 2 is 1.30 bits per heavy atom. The topological polar surface area (TPSA) is 152 Å². The number of benzene rings is 2. The van der Waals surface area contributed by atoms with Crippen molar-refractivity contribution >= 4 is 39.7 Å². The van der Waals surface area contributed by atoms with Gasteiger partial charge in [-0.2, -0.15) is 0 Å². The molecule has 10 heteroatoms. The van der Waals surface area contributed by atoms with Gasteiger partial charge >= 0.3 is 17.9 Å². The summed E-state index contributed by atoms with van der Waals surface area (Å²) in [7, 11) is 0. The summed E-state index contributed by atoms with van der Waals surface area (Å²) in [4.78, 5) is 33.1. The fraction of sp³-hybridized carbons (Fsp3) is 0.444. The molecule has 5 N–H and O–H groups in total. The predicted molar refractivity (Wildman–Crippen MR) is 140 cm³/mol. The molecule has 1 saturated heterocycles. The number of fused-ring (bicyclic) bond motifs is 3. The number of aromatic nitrogens is 1. The van der Waals surface area contributed by atoms with Crippen LogP contribution < -0.4 is 5.32 Å². The van der Waals surface area contributed by atoms with E-state index in [-0.39, 0.29) is 0 Å². The van der Waals surface area contributed by atoms with Crippen LogP contribution in [0.25, 0.3) is 21.8 Å². The average molecular weight is 514 g/mol. The van der Waals surface area contributed by atoms with E-state index in [1.54, 1.807) is 0 Å². The molecule has 37 heavy (non-hydrogen) atoms. The van der Waals surface area contributed by atoms with Crippen molar-refractivity contribution in [2.45, 2.75) is 57.3 Å². The largest absolute Gasteiger partial charge is 0.481 e. The number of carboxylic acids is 3. The lowest BCUT2D eigenvalue weighted by molar-refractivity contribution is -0.170. The van der Waals surface area contributed by atoms with Crippen molar-refractivity contribution in [3.63, 3.8) is 0 Å². The minimum absolute atomic E-state index is 0.599. The zero-order valence-corrected chi connectivity index (χ0v) is 21.1. The first kappa shape index (κ1) is 28.1. The van der Waals surface area contributed by atoms with E-state index in [1.165, 1.54) is 34.8 Å². The summed E-state index contributed by atoms with van der Waals surface area (Å²) in [5.41, 5.74) is -0.0148. The van der Waals surface area contributed by atoms with E-state index in [0.29, 0.717) is 12.1 Å². The molecule has 0 bridgehead atoms. The van der Waals surface area contributed by atoms with Crippen LogP contribution in [-0.4, -0.2) is 85.1 Å². The van der Waals surface area contributed by atoms with Gasteiger partial charge in [0.05, 0.1) is 12.8 Å². The molecule has 1 aromatic heterocycles. The summed E-state index contributed by atoms with van der Waals surface area (Å²) < 4.78 is 2.50. The summed E-state index contributed by atoms with van der Waals surface area (Å²) >= 11 is 0. The number of carbonyl (C=O) groups is 3. The van der Waals surface area contributed by atoms with Crippen LogP contribution in [0.1, 0.15) is 33.1 Å². The molecular formula is C27H35N3O7. The van der Waals surface area contributed by atoms with Crippen LogP contribution in [0.15, 0.2) is 48.5 Å². The molecule has 0 amide bonds. The number of rotatable bonds is 9. The highest BCUT2D eigenvalue weighted by Gasteiger charge is 2.40. The highest BCUT2D eigenvalue weighted by atomic mass is 16.4. The number of piperazine rings is 1. The van der Waals surface area contributed by atoms with Crippen molar-refractivity contribution in [3.8, 4) is 0 Å². The van der Waals surface area contributed by atoms with Gasteiger partial charge in [0.2, 0.25) is 0 Å². The molecule has 0 radical (unpaired) electrons. The molecule has 2 atom stereocenters. The van der Waals surface area contributed by atoms with E-state index in [9.17, 15) is 14.4 Å². The van der Waals surface area contributed by atoms with Gasteiger partial charge in [0.1, 0.15) is 0 Å². The SMILES string of the molecule is C[C@@H]1CN(CCCn2c3ccccc3c3ccccc32)C[C@H](C)N1.O=C(O)CC(O)(CC(=O)O)C(=O)O. The van der Waals surface area contributed by atoms with Gasteiger partial charge in [0.25, 0.3) is 0 Å². The third-order valence-corrected chi connectivity index (χ3v) is 6.45. The summed E-state index contributed by atoms with van der Waals surface area (Å²) in [6, 6.07) is 18.8. The van der Waals surface area contributed by atoms with E-state index in [1.807, 2.05) is 0 Å². The van der Waals surface area contributed by atoms with Crippen molar-refractivity contribution < 1.29 is 34.8 Å². The molecule has 1 fully saturated rings. The van der Waals surface area contributed by atoms with E-state index in [4.69, 9.17) is 20.4 Å². The Labute approximate surface area is 215 Å². The molecule has 10 nitrogen and oxygen atoms in total. The predicted octanol–water partition coefficient (Wildman–Crippen LogP) is 2.62. The van der Waals surface area contributed by atoms with Gasteiger partial charge in [-0.15, -0.1) is 0 Å². The Balaban J connectivity index is 0.000000251. The van der Waals surface area contributed by atoms with Crippen molar-refractivity contribution in [1.29, 1.82) is 0 Å². The van der Waals surface area contributed by atoms with Gasteiger partial charge in [-0.05, 0) is 38.9 Å². The van der Waals surface area contributed by atoms with Crippen LogP contribution in [0.3, 0.4) is 0 Å².